The van der Waals surface area contributed by atoms with Crippen LogP contribution in [0.4, 0.5) is 5.69 Å². The Morgan fingerprint density at radius 2 is 2.00 bits per heavy atom. The first kappa shape index (κ1) is 21.1. The second-order valence-corrected chi connectivity index (χ2v) is 6.64. The number of carbonyl (C=O) groups is 1. The van der Waals surface area contributed by atoms with E-state index in [1.165, 1.54) is 6.92 Å². The molecule has 3 rings (SSSR count). The van der Waals surface area contributed by atoms with Gasteiger partial charge in [-0.15, -0.1) is 6.07 Å². The molecule has 0 aliphatic rings. The fourth-order valence-electron chi connectivity index (χ4n) is 2.63. The number of hydrogen-bond donors (Lipinski definition) is 3. The van der Waals surface area contributed by atoms with E-state index in [4.69, 9.17) is 12.2 Å². The number of hydrogen-bond acceptors (Lipinski definition) is 4. The third-order valence-corrected chi connectivity index (χ3v) is 4.21. The van der Waals surface area contributed by atoms with Crippen molar-refractivity contribution in [3.8, 4) is 22.8 Å². The van der Waals surface area contributed by atoms with Gasteiger partial charge in [0.15, 0.2) is 4.77 Å². The number of nitrogens with zero attached hydrogens (tertiary/aromatic N) is 2. The van der Waals surface area contributed by atoms with E-state index in [9.17, 15) is 9.90 Å². The molecule has 1 aromatic heterocycles. The van der Waals surface area contributed by atoms with Crippen LogP contribution in [0.3, 0.4) is 0 Å². The van der Waals surface area contributed by atoms with Crippen molar-refractivity contribution < 1.29 is 31.0 Å². The largest absolute Gasteiger partial charge is 0.565 e. The molecule has 8 heteroatoms. The summed E-state index contributed by atoms with van der Waals surface area (Å²) in [5, 5.41) is 20.1. The van der Waals surface area contributed by atoms with E-state index >= 15 is 0 Å². The Kier molecular flexibility index (Phi) is 6.73. The maximum Gasteiger partial charge on any atom is 0.221 e. The van der Waals surface area contributed by atoms with Gasteiger partial charge in [0, 0.05) is 39.4 Å². The molecule has 0 fully saturated rings. The summed E-state index contributed by atoms with van der Waals surface area (Å²) < 4.78 is 2.15. The molecule has 6 nitrogen and oxygen atoms in total. The first-order valence-electron chi connectivity index (χ1n) is 8.17. The number of anilines is 1. The van der Waals surface area contributed by atoms with Crippen LogP contribution in [0, 0.1) is 10.8 Å². The van der Waals surface area contributed by atoms with Gasteiger partial charge in [0.2, 0.25) is 5.91 Å². The smallest absolute Gasteiger partial charge is 0.221 e. The maximum absolute atomic E-state index is 11.2. The summed E-state index contributed by atoms with van der Waals surface area (Å²) in [7, 11) is 0. The Morgan fingerprint density at radius 1 is 1.33 bits per heavy atom. The summed E-state index contributed by atoms with van der Waals surface area (Å²) in [6, 6.07) is 13.7. The molecule has 1 amide bonds. The van der Waals surface area contributed by atoms with Crippen molar-refractivity contribution in [2.24, 2.45) is 0 Å². The normalized spacial score (nSPS) is 10.5. The number of aromatic hydroxyl groups is 1. The monoisotopic (exact) mass is 465 g/mol. The van der Waals surface area contributed by atoms with Crippen molar-refractivity contribution >= 4 is 23.8 Å². The molecule has 0 saturated carbocycles. The van der Waals surface area contributed by atoms with Crippen molar-refractivity contribution in [1.82, 2.24) is 14.8 Å². The molecule has 3 aromatic rings. The Hall–Kier alpha value is -2.24. The zero-order chi connectivity index (χ0) is 18.8. The van der Waals surface area contributed by atoms with Gasteiger partial charge in [0.05, 0.1) is 5.69 Å². The molecule has 3 N–H and O–H groups in total. The number of aromatic nitrogens is 3. The first-order chi connectivity index (χ1) is 12.4. The first-order valence-corrected chi connectivity index (χ1v) is 8.58. The molecule has 2 aromatic carbocycles. The number of carbonyl (C=O) groups excluding carboxylic acids is 1. The van der Waals surface area contributed by atoms with Crippen LogP contribution in [0.15, 0.2) is 36.4 Å². The molecule has 27 heavy (non-hydrogen) atoms. The topological polar surface area (TPSA) is 82.9 Å². The zero-order valence-electron chi connectivity index (χ0n) is 15.1. The van der Waals surface area contributed by atoms with Gasteiger partial charge in [0.25, 0.3) is 0 Å². The Bertz CT molecular complexity index is 1010. The SMILES string of the molecule is CC(=O)Nc1ccc(-n2c(-c3cc(C(C)C)[c-]cc3O)n[nH]c2=S)cc1.[Mo]. The Morgan fingerprint density at radius 3 is 2.59 bits per heavy atom. The third-order valence-electron chi connectivity index (χ3n) is 3.93. The Labute approximate surface area is 176 Å². The molecule has 0 bridgehead atoms. The molecule has 0 aliphatic carbocycles. The second-order valence-electron chi connectivity index (χ2n) is 6.26. The van der Waals surface area contributed by atoms with Crippen LogP contribution in [0.25, 0.3) is 17.1 Å². The summed E-state index contributed by atoms with van der Waals surface area (Å²) >= 11 is 5.37. The number of nitrogens with one attached hydrogen (secondary N) is 2. The molecule has 0 saturated heterocycles. The molecule has 0 unspecified atom stereocenters. The fourth-order valence-corrected chi connectivity index (χ4v) is 2.86. The van der Waals surface area contributed by atoms with E-state index in [0.29, 0.717) is 21.8 Å². The van der Waals surface area contributed by atoms with Crippen molar-refractivity contribution in [1.29, 1.82) is 0 Å². The fraction of sp³-hybridized carbons (Fsp3) is 0.211. The van der Waals surface area contributed by atoms with E-state index in [1.54, 1.807) is 22.8 Å². The number of rotatable bonds is 4. The van der Waals surface area contributed by atoms with Gasteiger partial charge in [-0.25, -0.2) is 0 Å². The van der Waals surface area contributed by atoms with Crippen LogP contribution in [-0.4, -0.2) is 25.8 Å². The third kappa shape index (κ3) is 4.54. The summed E-state index contributed by atoms with van der Waals surface area (Å²) in [5.74, 6) is 0.724. The molecular weight excluding hydrogens is 444 g/mol. The van der Waals surface area contributed by atoms with Gasteiger partial charge in [-0.2, -0.15) is 22.8 Å². The number of aromatic amines is 1. The summed E-state index contributed by atoms with van der Waals surface area (Å²) in [4.78, 5) is 11.2. The molecular formula is C19H19MoN4O2S-. The number of phenols is 1. The van der Waals surface area contributed by atoms with Crippen molar-refractivity contribution in [3.63, 3.8) is 0 Å². The molecule has 0 atom stereocenters. The summed E-state index contributed by atoms with van der Waals surface area (Å²) in [6.07, 6.45) is 0. The van der Waals surface area contributed by atoms with E-state index in [1.807, 2.05) is 18.2 Å². The van der Waals surface area contributed by atoms with Crippen molar-refractivity contribution in [2.45, 2.75) is 26.7 Å². The number of phenolic OH excluding ortho intramolecular Hbond substituents is 1. The van der Waals surface area contributed by atoms with E-state index in [0.717, 1.165) is 11.3 Å². The van der Waals surface area contributed by atoms with Gasteiger partial charge in [-0.3, -0.25) is 14.5 Å². The summed E-state index contributed by atoms with van der Waals surface area (Å²) in [6.45, 7) is 5.58. The van der Waals surface area contributed by atoms with Crippen LogP contribution in [0.1, 0.15) is 32.3 Å². The van der Waals surface area contributed by atoms with Gasteiger partial charge < -0.3 is 10.4 Å². The predicted octanol–water partition coefficient (Wildman–Crippen LogP) is 4.18. The number of amides is 1. The Balaban J connectivity index is 0.00000261. The van der Waals surface area contributed by atoms with Crippen LogP contribution in [0.5, 0.6) is 5.75 Å². The summed E-state index contributed by atoms with van der Waals surface area (Å²) in [5.41, 5.74) is 3.01. The number of benzene rings is 2. The van der Waals surface area contributed by atoms with Crippen LogP contribution in [0.2, 0.25) is 0 Å². The molecule has 1 heterocycles. The minimum atomic E-state index is -0.134. The average molecular weight is 463 g/mol. The maximum atomic E-state index is 11.2. The van der Waals surface area contributed by atoms with Crippen LogP contribution >= 0.6 is 12.2 Å². The van der Waals surface area contributed by atoms with Crippen molar-refractivity contribution in [2.75, 3.05) is 5.32 Å². The van der Waals surface area contributed by atoms with Crippen molar-refractivity contribution in [3.05, 3.63) is 52.8 Å². The molecule has 0 aliphatic heterocycles. The standard InChI is InChI=1S/C19H19N4O2S.Mo/c1-11(2)13-4-9-17(25)16(10-13)18-21-22-19(26)23(18)15-7-5-14(6-8-15)20-12(3)24;/h5-11,25H,1-3H3,(H,20,24)(H,22,26);/q-1;. The molecule has 0 spiro atoms. The minimum Gasteiger partial charge on any atom is -0.565 e. The van der Waals surface area contributed by atoms with Crippen LogP contribution < -0.4 is 5.32 Å². The zero-order valence-corrected chi connectivity index (χ0v) is 17.9. The van der Waals surface area contributed by atoms with E-state index in [2.05, 4.69) is 35.4 Å². The number of H-pyrrole nitrogens is 1. The quantitative estimate of drug-likeness (QED) is 0.308. The van der Waals surface area contributed by atoms with E-state index < -0.39 is 0 Å². The van der Waals surface area contributed by atoms with Crippen LogP contribution in [-0.2, 0) is 25.9 Å². The van der Waals surface area contributed by atoms with Gasteiger partial charge in [0.1, 0.15) is 5.82 Å². The van der Waals surface area contributed by atoms with Gasteiger partial charge >= 0.3 is 0 Å². The molecule has 140 valence electrons. The minimum absolute atomic E-state index is 0. The van der Waals surface area contributed by atoms with Gasteiger partial charge in [-0.05, 0) is 48.0 Å². The predicted molar refractivity (Wildman–Crippen MR) is 103 cm³/mol. The molecule has 0 radical (unpaired) electrons. The second kappa shape index (κ2) is 8.63. The average Bonchev–Trinajstić information content (AvgIpc) is 2.96. The van der Waals surface area contributed by atoms with Gasteiger partial charge in [-0.1, -0.05) is 13.8 Å². The van der Waals surface area contributed by atoms with E-state index in [-0.39, 0.29) is 38.6 Å².